The number of ether oxygens (including phenoxy) is 2. The van der Waals surface area contributed by atoms with Gasteiger partial charge in [0.1, 0.15) is 29.7 Å². The van der Waals surface area contributed by atoms with Crippen molar-refractivity contribution in [2.24, 2.45) is 0 Å². The molecule has 2 aromatic carbocycles. The highest BCUT2D eigenvalue weighted by Gasteiger charge is 2.08. The minimum atomic E-state index is -0.376. The van der Waals surface area contributed by atoms with Crippen LogP contribution in [0.3, 0.4) is 0 Å². The van der Waals surface area contributed by atoms with E-state index in [2.05, 4.69) is 10.3 Å². The fourth-order valence-electron chi connectivity index (χ4n) is 2.82. The summed E-state index contributed by atoms with van der Waals surface area (Å²) >= 11 is 0. The van der Waals surface area contributed by atoms with Gasteiger partial charge < -0.3 is 19.3 Å². The zero-order valence-electron chi connectivity index (χ0n) is 16.5. The van der Waals surface area contributed by atoms with E-state index in [1.165, 1.54) is 30.3 Å². The summed E-state index contributed by atoms with van der Waals surface area (Å²) in [5, 5.41) is 2.69. The lowest BCUT2D eigenvalue weighted by Gasteiger charge is -2.09. The summed E-state index contributed by atoms with van der Waals surface area (Å²) in [4.78, 5) is 28.4. The third-order valence-corrected chi connectivity index (χ3v) is 4.23. The second-order valence-corrected chi connectivity index (χ2v) is 6.69. The van der Waals surface area contributed by atoms with Gasteiger partial charge in [-0.2, -0.15) is 0 Å². The zero-order valence-corrected chi connectivity index (χ0v) is 16.5. The summed E-state index contributed by atoms with van der Waals surface area (Å²) in [7, 11) is 0. The number of hydrogen-bond acceptors (Lipinski definition) is 6. The van der Waals surface area contributed by atoms with Crippen LogP contribution in [0.15, 0.2) is 70.0 Å². The molecule has 0 atom stereocenters. The van der Waals surface area contributed by atoms with Crippen molar-refractivity contribution in [2.75, 3.05) is 11.9 Å². The normalized spacial score (nSPS) is 10.8. The molecule has 1 amide bonds. The van der Waals surface area contributed by atoms with Crippen LogP contribution in [0.25, 0.3) is 5.65 Å². The molecule has 31 heavy (non-hydrogen) atoms. The number of nitrogens with zero attached hydrogens (tertiary/aromatic N) is 2. The van der Waals surface area contributed by atoms with Gasteiger partial charge in [0.15, 0.2) is 12.3 Å². The van der Waals surface area contributed by atoms with E-state index >= 15 is 0 Å². The first kappa shape index (κ1) is 20.1. The summed E-state index contributed by atoms with van der Waals surface area (Å²) in [5.74, 6) is 0.803. The Labute approximate surface area is 175 Å². The van der Waals surface area contributed by atoms with Crippen molar-refractivity contribution in [3.8, 4) is 11.5 Å². The van der Waals surface area contributed by atoms with Gasteiger partial charge in [-0.1, -0.05) is 0 Å². The van der Waals surface area contributed by atoms with Crippen LogP contribution in [0.1, 0.15) is 11.5 Å². The highest BCUT2D eigenvalue weighted by atomic mass is 19.1. The van der Waals surface area contributed by atoms with Crippen LogP contribution < -0.4 is 20.3 Å². The second kappa shape index (κ2) is 8.70. The van der Waals surface area contributed by atoms with E-state index in [1.54, 1.807) is 37.3 Å². The van der Waals surface area contributed by atoms with Gasteiger partial charge in [0, 0.05) is 17.8 Å². The summed E-state index contributed by atoms with van der Waals surface area (Å²) in [6.45, 7) is 1.63. The zero-order chi connectivity index (χ0) is 21.8. The molecule has 4 aromatic rings. The molecule has 8 nitrogen and oxygen atoms in total. The fraction of sp³-hybridized carbons (Fsp3) is 0.136. The molecule has 0 aliphatic rings. The van der Waals surface area contributed by atoms with Gasteiger partial charge in [0.05, 0.1) is 5.69 Å². The number of nitrogens with one attached hydrogen (secondary N) is 1. The van der Waals surface area contributed by atoms with Crippen LogP contribution in [0.4, 0.5) is 10.1 Å². The lowest BCUT2D eigenvalue weighted by atomic mass is 10.3. The highest BCUT2D eigenvalue weighted by molar-refractivity contribution is 5.91. The van der Waals surface area contributed by atoms with E-state index < -0.39 is 0 Å². The lowest BCUT2D eigenvalue weighted by molar-refractivity contribution is -0.118. The second-order valence-electron chi connectivity index (χ2n) is 6.69. The molecule has 9 heteroatoms. The van der Waals surface area contributed by atoms with Gasteiger partial charge in [-0.3, -0.25) is 9.59 Å². The maximum atomic E-state index is 12.9. The number of aryl methyl sites for hydroxylation is 1. The number of rotatable bonds is 7. The Balaban J connectivity index is 1.30. The number of halogens is 1. The smallest absolute Gasteiger partial charge is 0.287 e. The first-order chi connectivity index (χ1) is 15.0. The molecule has 4 rings (SSSR count). The number of hydrogen-bond donors (Lipinski definition) is 1. The molecule has 0 bridgehead atoms. The SMILES string of the molecule is Cc1cc2nc(COc3ccc(NC(=O)COc4ccc(F)cc4)cc3)cc(=O)n2o1. The summed E-state index contributed by atoms with van der Waals surface area (Å²) in [6.07, 6.45) is 0. The molecule has 2 aromatic heterocycles. The third-order valence-electron chi connectivity index (χ3n) is 4.23. The maximum absolute atomic E-state index is 12.9. The van der Waals surface area contributed by atoms with E-state index in [-0.39, 0.29) is 30.5 Å². The highest BCUT2D eigenvalue weighted by Crippen LogP contribution is 2.17. The van der Waals surface area contributed by atoms with E-state index in [4.69, 9.17) is 14.0 Å². The molecule has 158 valence electrons. The van der Waals surface area contributed by atoms with Gasteiger partial charge in [0.25, 0.3) is 11.5 Å². The fourth-order valence-corrected chi connectivity index (χ4v) is 2.82. The first-order valence-corrected chi connectivity index (χ1v) is 9.37. The van der Waals surface area contributed by atoms with E-state index in [0.29, 0.717) is 34.3 Å². The largest absolute Gasteiger partial charge is 0.487 e. The third kappa shape index (κ3) is 5.08. The van der Waals surface area contributed by atoms with Crippen molar-refractivity contribution < 1.29 is 23.2 Å². The molecule has 0 unspecified atom stereocenters. The first-order valence-electron chi connectivity index (χ1n) is 9.37. The monoisotopic (exact) mass is 423 g/mol. The van der Waals surface area contributed by atoms with Crippen molar-refractivity contribution in [1.29, 1.82) is 0 Å². The van der Waals surface area contributed by atoms with Crippen LogP contribution >= 0.6 is 0 Å². The predicted molar refractivity (Wildman–Crippen MR) is 110 cm³/mol. The molecule has 2 heterocycles. The number of carbonyl (C=O) groups is 1. The van der Waals surface area contributed by atoms with Crippen LogP contribution in [0, 0.1) is 12.7 Å². The average molecular weight is 423 g/mol. The van der Waals surface area contributed by atoms with Crippen molar-refractivity contribution >= 4 is 17.2 Å². The molecule has 0 spiro atoms. The Morgan fingerprint density at radius 1 is 1.06 bits per heavy atom. The average Bonchev–Trinajstić information content (AvgIpc) is 3.14. The van der Waals surface area contributed by atoms with E-state index in [9.17, 15) is 14.0 Å². The molecule has 0 aliphatic carbocycles. The molecular weight excluding hydrogens is 405 g/mol. The van der Waals surface area contributed by atoms with Gasteiger partial charge in [-0.25, -0.2) is 9.37 Å². The lowest BCUT2D eigenvalue weighted by Crippen LogP contribution is -2.20. The summed E-state index contributed by atoms with van der Waals surface area (Å²) in [6, 6.07) is 15.2. The maximum Gasteiger partial charge on any atom is 0.287 e. The van der Waals surface area contributed by atoms with Gasteiger partial charge in [0.2, 0.25) is 0 Å². The van der Waals surface area contributed by atoms with Crippen LogP contribution in [-0.2, 0) is 11.4 Å². The van der Waals surface area contributed by atoms with Crippen molar-refractivity contribution in [3.63, 3.8) is 0 Å². The molecule has 0 saturated heterocycles. The number of benzene rings is 2. The minimum absolute atomic E-state index is 0.104. The van der Waals surface area contributed by atoms with Crippen molar-refractivity contribution in [1.82, 2.24) is 9.56 Å². The minimum Gasteiger partial charge on any atom is -0.487 e. The van der Waals surface area contributed by atoms with Crippen LogP contribution in [0.5, 0.6) is 11.5 Å². The molecule has 0 radical (unpaired) electrons. The Bertz CT molecular complexity index is 1260. The van der Waals surface area contributed by atoms with Crippen LogP contribution in [0.2, 0.25) is 0 Å². The number of amides is 1. The van der Waals surface area contributed by atoms with Gasteiger partial charge in [-0.15, -0.1) is 4.57 Å². The van der Waals surface area contributed by atoms with E-state index in [0.717, 1.165) is 4.57 Å². The molecule has 1 N–H and O–H groups in total. The summed E-state index contributed by atoms with van der Waals surface area (Å²) in [5.41, 5.74) is 1.13. The molecule has 0 saturated carbocycles. The van der Waals surface area contributed by atoms with Crippen molar-refractivity contribution in [2.45, 2.75) is 13.5 Å². The molecular formula is C22H18FN3O5. The topological polar surface area (TPSA) is 95.1 Å². The van der Waals surface area contributed by atoms with Crippen molar-refractivity contribution in [3.05, 3.63) is 88.3 Å². The Morgan fingerprint density at radius 3 is 2.48 bits per heavy atom. The predicted octanol–water partition coefficient (Wildman–Crippen LogP) is 3.33. The quantitative estimate of drug-likeness (QED) is 0.490. The van der Waals surface area contributed by atoms with Gasteiger partial charge in [-0.05, 0) is 55.5 Å². The molecule has 0 aliphatic heterocycles. The number of fused-ring (bicyclic) bond motifs is 1. The number of carbonyl (C=O) groups excluding carboxylic acids is 1. The van der Waals surface area contributed by atoms with Gasteiger partial charge >= 0.3 is 0 Å². The Kier molecular flexibility index (Phi) is 5.65. The van der Waals surface area contributed by atoms with Crippen LogP contribution in [-0.4, -0.2) is 22.1 Å². The number of anilines is 1. The van der Waals surface area contributed by atoms with E-state index in [1.807, 2.05) is 0 Å². The standard InChI is InChI=1S/C22H18FN3O5/c1-14-10-20-24-17(11-22(28)26(20)31-14)12-29-19-8-4-16(5-9-19)25-21(27)13-30-18-6-2-15(23)3-7-18/h2-11H,12-13H2,1H3,(H,25,27). The Morgan fingerprint density at radius 2 is 1.74 bits per heavy atom. The molecule has 0 fully saturated rings. The number of aromatic nitrogens is 2. The Hall–Kier alpha value is -4.14. The summed E-state index contributed by atoms with van der Waals surface area (Å²) < 4.78 is 30.2.